The van der Waals surface area contributed by atoms with E-state index in [0.29, 0.717) is 16.3 Å². The van der Waals surface area contributed by atoms with Crippen LogP contribution in [0.2, 0.25) is 0 Å². The van der Waals surface area contributed by atoms with E-state index in [9.17, 15) is 18.0 Å². The van der Waals surface area contributed by atoms with Gasteiger partial charge < -0.3 is 21.9 Å². The SMILES string of the molecule is NC(CNC(=O)CC[C@H](N)C(=O)O)c1cccc2c([SH](=O)=O)cccc12. The highest BCUT2D eigenvalue weighted by Gasteiger charge is 2.16. The van der Waals surface area contributed by atoms with Crippen LogP contribution in [0.1, 0.15) is 24.4 Å². The van der Waals surface area contributed by atoms with Crippen molar-refractivity contribution >= 4 is 33.4 Å². The molecule has 0 spiro atoms. The van der Waals surface area contributed by atoms with Gasteiger partial charge in [0, 0.05) is 24.4 Å². The number of carbonyl (C=O) groups excluding carboxylic acids is 1. The molecule has 0 aliphatic carbocycles. The zero-order valence-corrected chi connectivity index (χ0v) is 14.8. The number of thiol groups is 1. The Balaban J connectivity index is 2.08. The van der Waals surface area contributed by atoms with Crippen molar-refractivity contribution < 1.29 is 23.1 Å². The van der Waals surface area contributed by atoms with Gasteiger partial charge in [-0.25, -0.2) is 8.42 Å². The largest absolute Gasteiger partial charge is 0.480 e. The van der Waals surface area contributed by atoms with Crippen LogP contribution >= 0.6 is 0 Å². The Morgan fingerprint density at radius 3 is 2.38 bits per heavy atom. The summed E-state index contributed by atoms with van der Waals surface area (Å²) in [4.78, 5) is 22.7. The maximum atomic E-state index is 11.8. The Kier molecular flexibility index (Phi) is 6.67. The van der Waals surface area contributed by atoms with Crippen LogP contribution in [0.5, 0.6) is 0 Å². The van der Waals surface area contributed by atoms with E-state index < -0.39 is 28.8 Å². The normalized spacial score (nSPS) is 13.5. The lowest BCUT2D eigenvalue weighted by atomic mass is 9.99. The predicted octanol–water partition coefficient (Wildman–Crippen LogP) is 0.118. The van der Waals surface area contributed by atoms with Crippen molar-refractivity contribution in [1.82, 2.24) is 5.32 Å². The molecule has 1 amide bonds. The smallest absolute Gasteiger partial charge is 0.320 e. The molecule has 2 aromatic rings. The molecule has 0 saturated carbocycles. The molecule has 6 N–H and O–H groups in total. The van der Waals surface area contributed by atoms with Crippen molar-refractivity contribution in [2.75, 3.05) is 6.54 Å². The van der Waals surface area contributed by atoms with Crippen LogP contribution < -0.4 is 16.8 Å². The molecule has 0 saturated heterocycles. The van der Waals surface area contributed by atoms with Crippen molar-refractivity contribution in [1.29, 1.82) is 0 Å². The molecule has 8 nitrogen and oxygen atoms in total. The van der Waals surface area contributed by atoms with E-state index in [-0.39, 0.29) is 30.2 Å². The third-order valence-corrected chi connectivity index (χ3v) is 4.83. The number of carboxylic acids is 1. The highest BCUT2D eigenvalue weighted by atomic mass is 32.2. The fraction of sp³-hybridized carbons (Fsp3) is 0.294. The van der Waals surface area contributed by atoms with Crippen LogP contribution in [-0.2, 0) is 20.3 Å². The van der Waals surface area contributed by atoms with Gasteiger partial charge in [0.15, 0.2) is 10.7 Å². The van der Waals surface area contributed by atoms with Gasteiger partial charge in [0.1, 0.15) is 6.04 Å². The maximum Gasteiger partial charge on any atom is 0.320 e. The quantitative estimate of drug-likeness (QED) is 0.408. The van der Waals surface area contributed by atoms with Crippen LogP contribution in [0.3, 0.4) is 0 Å². The molecule has 1 unspecified atom stereocenters. The van der Waals surface area contributed by atoms with E-state index in [1.54, 1.807) is 30.3 Å². The van der Waals surface area contributed by atoms with Crippen LogP contribution in [0.25, 0.3) is 10.8 Å². The fourth-order valence-electron chi connectivity index (χ4n) is 2.63. The third-order valence-electron chi connectivity index (χ3n) is 4.05. The maximum absolute atomic E-state index is 11.8. The molecule has 26 heavy (non-hydrogen) atoms. The lowest BCUT2D eigenvalue weighted by Gasteiger charge is -2.16. The van der Waals surface area contributed by atoms with Crippen molar-refractivity contribution in [3.8, 4) is 0 Å². The highest BCUT2D eigenvalue weighted by Crippen LogP contribution is 2.26. The highest BCUT2D eigenvalue weighted by molar-refractivity contribution is 7.72. The van der Waals surface area contributed by atoms with Crippen molar-refractivity contribution in [2.24, 2.45) is 11.5 Å². The number of rotatable bonds is 8. The summed E-state index contributed by atoms with van der Waals surface area (Å²) in [5.74, 6) is -1.50. The predicted molar refractivity (Wildman–Crippen MR) is 97.3 cm³/mol. The summed E-state index contributed by atoms with van der Waals surface area (Å²) in [7, 11) is -2.73. The topological polar surface area (TPSA) is 153 Å². The minimum Gasteiger partial charge on any atom is -0.480 e. The first kappa shape index (κ1) is 19.8. The van der Waals surface area contributed by atoms with Crippen molar-refractivity contribution in [3.05, 3.63) is 42.0 Å². The number of amides is 1. The van der Waals surface area contributed by atoms with Crippen LogP contribution in [0.4, 0.5) is 0 Å². The molecule has 0 radical (unpaired) electrons. The number of nitrogens with two attached hydrogens (primary N) is 2. The van der Waals surface area contributed by atoms with E-state index in [0.717, 1.165) is 0 Å². The molecule has 0 aliphatic rings. The zero-order chi connectivity index (χ0) is 19.3. The zero-order valence-electron chi connectivity index (χ0n) is 13.9. The number of aliphatic carboxylic acids is 1. The average Bonchev–Trinajstić information content (AvgIpc) is 2.62. The van der Waals surface area contributed by atoms with Crippen molar-refractivity contribution in [3.63, 3.8) is 0 Å². The standard InChI is InChI=1S/C17H21N3O5S/c18-13(17(22)23)7-8-16(21)20-9-14(19)11-4-1-5-12-10(11)3-2-6-15(12)26(24)25/h1-6,13-14,26H,7-9,18-19H2,(H,20,21)(H,22,23)/t13-,14?/m0/s1. The van der Waals surface area contributed by atoms with Crippen molar-refractivity contribution in [2.45, 2.75) is 29.8 Å². The van der Waals surface area contributed by atoms with Gasteiger partial charge >= 0.3 is 5.97 Å². The third kappa shape index (κ3) is 4.78. The molecule has 0 fully saturated rings. The summed E-state index contributed by atoms with van der Waals surface area (Å²) in [5.41, 5.74) is 12.2. The second-order valence-electron chi connectivity index (χ2n) is 5.87. The van der Waals surface area contributed by atoms with Gasteiger partial charge in [-0.05, 0) is 23.4 Å². The van der Waals surface area contributed by atoms with Gasteiger partial charge in [-0.3, -0.25) is 9.59 Å². The number of benzene rings is 2. The summed E-state index contributed by atoms with van der Waals surface area (Å²) in [6.07, 6.45) is 0.0150. The molecule has 9 heteroatoms. The molecule has 0 aliphatic heterocycles. The summed E-state index contributed by atoms with van der Waals surface area (Å²) in [6.45, 7) is 0.133. The second-order valence-corrected chi connectivity index (χ2v) is 6.87. The number of carbonyl (C=O) groups is 2. The summed E-state index contributed by atoms with van der Waals surface area (Å²) >= 11 is 0. The molecule has 2 rings (SSSR count). The number of carboxylic acid groups (broad SMARTS) is 1. The molecule has 2 aromatic carbocycles. The Morgan fingerprint density at radius 1 is 1.08 bits per heavy atom. The van der Waals surface area contributed by atoms with E-state index in [1.165, 1.54) is 6.07 Å². The first-order chi connectivity index (χ1) is 12.3. The van der Waals surface area contributed by atoms with Gasteiger partial charge in [-0.2, -0.15) is 0 Å². The summed E-state index contributed by atoms with van der Waals surface area (Å²) < 4.78 is 22.8. The van der Waals surface area contributed by atoms with E-state index >= 15 is 0 Å². The van der Waals surface area contributed by atoms with Gasteiger partial charge in [-0.1, -0.05) is 30.3 Å². The number of hydrogen-bond acceptors (Lipinski definition) is 6. The minimum absolute atomic E-state index is 0.0173. The Bertz CT molecular complexity index is 889. The molecular weight excluding hydrogens is 358 g/mol. The average molecular weight is 379 g/mol. The number of hydrogen-bond donors (Lipinski definition) is 5. The van der Waals surface area contributed by atoms with Crippen LogP contribution in [0.15, 0.2) is 41.3 Å². The van der Waals surface area contributed by atoms with Crippen LogP contribution in [0, 0.1) is 0 Å². The number of fused-ring (bicyclic) bond motifs is 1. The molecule has 2 atom stereocenters. The number of nitrogens with one attached hydrogen (secondary N) is 1. The molecule has 0 aromatic heterocycles. The monoisotopic (exact) mass is 379 g/mol. The minimum atomic E-state index is -2.73. The first-order valence-electron chi connectivity index (χ1n) is 7.98. The Morgan fingerprint density at radius 2 is 1.73 bits per heavy atom. The Hall–Kier alpha value is -2.49. The fourth-order valence-corrected chi connectivity index (χ4v) is 3.23. The van der Waals surface area contributed by atoms with Gasteiger partial charge in [0.05, 0.1) is 4.90 Å². The summed E-state index contributed by atoms with van der Waals surface area (Å²) in [6, 6.07) is 8.52. The van der Waals surface area contributed by atoms with E-state index in [1.807, 2.05) is 0 Å². The lowest BCUT2D eigenvalue weighted by molar-refractivity contribution is -0.138. The van der Waals surface area contributed by atoms with Crippen LogP contribution in [-0.4, -0.2) is 38.0 Å². The first-order valence-corrected chi connectivity index (χ1v) is 9.15. The molecular formula is C17H21N3O5S. The van der Waals surface area contributed by atoms with Gasteiger partial charge in [-0.15, -0.1) is 0 Å². The Labute approximate surface area is 152 Å². The van der Waals surface area contributed by atoms with Gasteiger partial charge in [0.2, 0.25) is 5.91 Å². The molecule has 0 heterocycles. The van der Waals surface area contributed by atoms with E-state index in [2.05, 4.69) is 5.32 Å². The van der Waals surface area contributed by atoms with E-state index in [4.69, 9.17) is 16.6 Å². The lowest BCUT2D eigenvalue weighted by Crippen LogP contribution is -2.35. The van der Waals surface area contributed by atoms with Gasteiger partial charge in [0.25, 0.3) is 0 Å². The second kappa shape index (κ2) is 8.75. The summed E-state index contributed by atoms with van der Waals surface area (Å²) in [5, 5.41) is 12.6. The molecule has 140 valence electrons. The molecule has 0 bridgehead atoms.